The number of nitrogens with zero attached hydrogens (tertiary/aromatic N) is 2. The monoisotopic (exact) mass is 244 g/mol. The van der Waals surface area contributed by atoms with Crippen LogP contribution in [0.2, 0.25) is 5.02 Å². The molecule has 0 saturated carbocycles. The Morgan fingerprint density at radius 3 is 2.88 bits per heavy atom. The van der Waals surface area contributed by atoms with E-state index in [0.29, 0.717) is 23.7 Å². The zero-order valence-corrected chi connectivity index (χ0v) is 9.15. The summed E-state index contributed by atoms with van der Waals surface area (Å²) in [5.41, 5.74) is 0.371. The molecular weight excluding hydrogens is 235 g/mol. The van der Waals surface area contributed by atoms with Crippen LogP contribution >= 0.6 is 11.6 Å². The van der Waals surface area contributed by atoms with E-state index in [2.05, 4.69) is 0 Å². The summed E-state index contributed by atoms with van der Waals surface area (Å²) in [6.07, 6.45) is -0.512. The first-order chi connectivity index (χ1) is 7.58. The molecule has 1 aromatic carbocycles. The standard InChI is InChI=1S/C10H10ClFN2O2/c11-7-1-2-9(14(15)16)10(5-7)13-4-3-8(12)6-13/h1-2,5,8H,3-4,6H2. The average Bonchev–Trinajstić information content (AvgIpc) is 2.64. The van der Waals surface area contributed by atoms with Crippen LogP contribution in [-0.2, 0) is 0 Å². The predicted octanol–water partition coefficient (Wildman–Crippen LogP) is 2.80. The van der Waals surface area contributed by atoms with Crippen molar-refractivity contribution in [3.05, 3.63) is 33.3 Å². The minimum absolute atomic E-state index is 0.0292. The lowest BCUT2D eigenvalue weighted by Crippen LogP contribution is -2.20. The molecule has 1 heterocycles. The third-order valence-corrected chi connectivity index (χ3v) is 2.84. The number of rotatable bonds is 2. The van der Waals surface area contributed by atoms with E-state index in [-0.39, 0.29) is 12.2 Å². The number of alkyl halides is 1. The van der Waals surface area contributed by atoms with Crippen LogP contribution in [0.4, 0.5) is 15.8 Å². The maximum absolute atomic E-state index is 13.0. The number of benzene rings is 1. The van der Waals surface area contributed by atoms with Gasteiger partial charge >= 0.3 is 0 Å². The van der Waals surface area contributed by atoms with Crippen molar-refractivity contribution in [3.8, 4) is 0 Å². The summed E-state index contributed by atoms with van der Waals surface area (Å²) in [5.74, 6) is 0. The van der Waals surface area contributed by atoms with Gasteiger partial charge in [-0.3, -0.25) is 10.1 Å². The molecule has 2 rings (SSSR count). The molecule has 1 aromatic rings. The summed E-state index contributed by atoms with van der Waals surface area (Å²) in [6.45, 7) is 0.684. The van der Waals surface area contributed by atoms with Crippen molar-refractivity contribution >= 4 is 23.0 Å². The highest BCUT2D eigenvalue weighted by molar-refractivity contribution is 6.31. The van der Waals surface area contributed by atoms with Crippen LogP contribution in [0.1, 0.15) is 6.42 Å². The van der Waals surface area contributed by atoms with Crippen LogP contribution in [-0.4, -0.2) is 24.2 Å². The first kappa shape index (κ1) is 11.1. The summed E-state index contributed by atoms with van der Waals surface area (Å²) in [5, 5.41) is 11.2. The molecule has 0 bridgehead atoms. The zero-order chi connectivity index (χ0) is 11.7. The molecule has 0 amide bonds. The molecule has 16 heavy (non-hydrogen) atoms. The van der Waals surface area contributed by atoms with Crippen LogP contribution in [0.15, 0.2) is 18.2 Å². The molecule has 0 aromatic heterocycles. The number of hydrogen-bond donors (Lipinski definition) is 0. The Kier molecular flexibility index (Phi) is 2.96. The molecule has 0 aliphatic carbocycles. The van der Waals surface area contributed by atoms with Gasteiger partial charge in [0.05, 0.1) is 4.92 Å². The molecule has 0 radical (unpaired) electrons. The molecule has 6 heteroatoms. The van der Waals surface area contributed by atoms with E-state index in [1.165, 1.54) is 18.2 Å². The number of anilines is 1. The van der Waals surface area contributed by atoms with Gasteiger partial charge in [0.25, 0.3) is 5.69 Å². The van der Waals surface area contributed by atoms with E-state index < -0.39 is 11.1 Å². The van der Waals surface area contributed by atoms with Crippen molar-refractivity contribution in [2.75, 3.05) is 18.0 Å². The Balaban J connectivity index is 2.37. The lowest BCUT2D eigenvalue weighted by molar-refractivity contribution is -0.384. The van der Waals surface area contributed by atoms with E-state index in [4.69, 9.17) is 11.6 Å². The first-order valence-corrected chi connectivity index (χ1v) is 5.28. The van der Waals surface area contributed by atoms with Gasteiger partial charge in [0, 0.05) is 24.2 Å². The molecule has 4 nitrogen and oxygen atoms in total. The van der Waals surface area contributed by atoms with Crippen LogP contribution in [0, 0.1) is 10.1 Å². The van der Waals surface area contributed by atoms with Gasteiger partial charge in [0.1, 0.15) is 11.9 Å². The summed E-state index contributed by atoms with van der Waals surface area (Å²) in [7, 11) is 0. The Morgan fingerprint density at radius 1 is 1.56 bits per heavy atom. The quantitative estimate of drug-likeness (QED) is 0.594. The second-order valence-electron chi connectivity index (χ2n) is 3.72. The van der Waals surface area contributed by atoms with Gasteiger partial charge in [-0.05, 0) is 18.6 Å². The van der Waals surface area contributed by atoms with Gasteiger partial charge in [0.2, 0.25) is 0 Å². The van der Waals surface area contributed by atoms with Crippen LogP contribution in [0.25, 0.3) is 0 Å². The van der Waals surface area contributed by atoms with Crippen LogP contribution in [0.3, 0.4) is 0 Å². The fourth-order valence-corrected chi connectivity index (χ4v) is 2.01. The summed E-state index contributed by atoms with van der Waals surface area (Å²) in [6, 6.07) is 4.33. The molecule has 1 aliphatic rings. The second kappa shape index (κ2) is 4.25. The second-order valence-corrected chi connectivity index (χ2v) is 4.16. The highest BCUT2D eigenvalue weighted by atomic mass is 35.5. The maximum Gasteiger partial charge on any atom is 0.292 e. The highest BCUT2D eigenvalue weighted by Gasteiger charge is 2.27. The Morgan fingerprint density at radius 2 is 2.31 bits per heavy atom. The van der Waals surface area contributed by atoms with Crippen molar-refractivity contribution in [1.82, 2.24) is 0 Å². The number of hydrogen-bond acceptors (Lipinski definition) is 3. The van der Waals surface area contributed by atoms with E-state index in [0.717, 1.165) is 0 Å². The number of nitro groups is 1. The smallest absolute Gasteiger partial charge is 0.292 e. The largest absolute Gasteiger partial charge is 0.363 e. The Hall–Kier alpha value is -1.36. The molecule has 0 N–H and O–H groups in total. The summed E-state index contributed by atoms with van der Waals surface area (Å²) < 4.78 is 13.0. The van der Waals surface area contributed by atoms with Gasteiger partial charge in [0.15, 0.2) is 0 Å². The molecule has 1 unspecified atom stereocenters. The van der Waals surface area contributed by atoms with Gasteiger partial charge in [-0.1, -0.05) is 11.6 Å². The zero-order valence-electron chi connectivity index (χ0n) is 8.40. The predicted molar refractivity (Wildman–Crippen MR) is 59.8 cm³/mol. The molecule has 1 saturated heterocycles. The van der Waals surface area contributed by atoms with Crippen molar-refractivity contribution in [2.24, 2.45) is 0 Å². The topological polar surface area (TPSA) is 46.4 Å². The van der Waals surface area contributed by atoms with Crippen molar-refractivity contribution < 1.29 is 9.31 Å². The summed E-state index contributed by atoms with van der Waals surface area (Å²) in [4.78, 5) is 12.0. The summed E-state index contributed by atoms with van der Waals surface area (Å²) >= 11 is 5.79. The number of halogens is 2. The fraction of sp³-hybridized carbons (Fsp3) is 0.400. The lowest BCUT2D eigenvalue weighted by Gasteiger charge is -2.17. The molecule has 1 fully saturated rings. The minimum atomic E-state index is -0.918. The Labute approximate surface area is 96.8 Å². The van der Waals surface area contributed by atoms with Gasteiger partial charge in [-0.15, -0.1) is 0 Å². The average molecular weight is 245 g/mol. The first-order valence-electron chi connectivity index (χ1n) is 4.91. The van der Waals surface area contributed by atoms with Crippen molar-refractivity contribution in [2.45, 2.75) is 12.6 Å². The number of nitro benzene ring substituents is 1. The molecular formula is C10H10ClFN2O2. The van der Waals surface area contributed by atoms with Gasteiger partial charge in [-0.25, -0.2) is 4.39 Å². The SMILES string of the molecule is O=[N+]([O-])c1ccc(Cl)cc1N1CCC(F)C1. The lowest BCUT2D eigenvalue weighted by atomic mass is 10.2. The van der Waals surface area contributed by atoms with Crippen LogP contribution < -0.4 is 4.90 Å². The van der Waals surface area contributed by atoms with Crippen LogP contribution in [0.5, 0.6) is 0 Å². The van der Waals surface area contributed by atoms with Crippen molar-refractivity contribution in [1.29, 1.82) is 0 Å². The van der Waals surface area contributed by atoms with Gasteiger partial charge < -0.3 is 4.90 Å². The molecule has 0 spiro atoms. The fourth-order valence-electron chi connectivity index (χ4n) is 1.84. The van der Waals surface area contributed by atoms with E-state index in [1.54, 1.807) is 4.90 Å². The van der Waals surface area contributed by atoms with Crippen molar-refractivity contribution in [3.63, 3.8) is 0 Å². The molecule has 1 aliphatic heterocycles. The third kappa shape index (κ3) is 2.09. The molecule has 86 valence electrons. The minimum Gasteiger partial charge on any atom is -0.363 e. The molecule has 1 atom stereocenters. The van der Waals surface area contributed by atoms with Gasteiger partial charge in [-0.2, -0.15) is 0 Å². The van der Waals surface area contributed by atoms with E-state index >= 15 is 0 Å². The normalized spacial score (nSPS) is 20.1. The van der Waals surface area contributed by atoms with E-state index in [9.17, 15) is 14.5 Å². The third-order valence-electron chi connectivity index (χ3n) is 2.61. The van der Waals surface area contributed by atoms with E-state index in [1.807, 2.05) is 0 Å². The highest BCUT2D eigenvalue weighted by Crippen LogP contribution is 2.33. The maximum atomic E-state index is 13.0. The Bertz CT molecular complexity index is 427.